The lowest BCUT2D eigenvalue weighted by Gasteiger charge is -2.39. The van der Waals surface area contributed by atoms with Gasteiger partial charge in [-0.05, 0) is 33.4 Å². The highest BCUT2D eigenvalue weighted by atomic mass is 35.5. The minimum atomic E-state index is -1.56. The molecular formula is C19H23ClFN3O4. The first-order chi connectivity index (χ1) is 12.8. The molecule has 2 aromatic rings. The summed E-state index contributed by atoms with van der Waals surface area (Å²) in [4.78, 5) is 27.8. The Labute approximate surface area is 167 Å². The molecule has 0 radical (unpaired) electrons. The molecule has 1 N–H and O–H groups in total. The van der Waals surface area contributed by atoms with Crippen LogP contribution in [-0.2, 0) is 6.42 Å². The van der Waals surface area contributed by atoms with Crippen molar-refractivity contribution in [1.82, 2.24) is 9.47 Å². The van der Waals surface area contributed by atoms with Crippen molar-refractivity contribution in [3.63, 3.8) is 0 Å². The molecular weight excluding hydrogens is 389 g/mol. The number of ether oxygens (including phenoxy) is 1. The lowest BCUT2D eigenvalue weighted by Crippen LogP contribution is -2.50. The molecule has 0 amide bonds. The molecule has 9 heteroatoms. The Morgan fingerprint density at radius 2 is 2.00 bits per heavy atom. The molecule has 28 heavy (non-hydrogen) atoms. The number of aromatic nitrogens is 1. The second kappa shape index (κ2) is 7.25. The SMILES string of the molecule is CC1CN(c2c(F)cc3c(=O)c(OC(=O)O)cn4c3c2CC4C)CCN1C.Cl. The van der Waals surface area contributed by atoms with E-state index < -0.39 is 17.4 Å². The van der Waals surface area contributed by atoms with E-state index >= 15 is 4.39 Å². The lowest BCUT2D eigenvalue weighted by molar-refractivity contribution is 0.143. The highest BCUT2D eigenvalue weighted by molar-refractivity contribution is 5.90. The van der Waals surface area contributed by atoms with Gasteiger partial charge in [-0.3, -0.25) is 4.79 Å². The molecule has 2 atom stereocenters. The first kappa shape index (κ1) is 20.4. The predicted octanol–water partition coefficient (Wildman–Crippen LogP) is 2.88. The van der Waals surface area contributed by atoms with Crippen molar-refractivity contribution in [3.8, 4) is 5.75 Å². The number of hydrogen-bond acceptors (Lipinski definition) is 5. The van der Waals surface area contributed by atoms with Crippen LogP contribution in [0.15, 0.2) is 17.1 Å². The molecule has 1 saturated heterocycles. The van der Waals surface area contributed by atoms with Gasteiger partial charge in [-0.15, -0.1) is 12.4 Å². The number of nitrogens with zero attached hydrogens (tertiary/aromatic N) is 3. The Morgan fingerprint density at radius 3 is 2.64 bits per heavy atom. The third-order valence-electron chi connectivity index (χ3n) is 5.75. The second-order valence-electron chi connectivity index (χ2n) is 7.51. The number of hydrogen-bond donors (Lipinski definition) is 1. The molecule has 0 saturated carbocycles. The zero-order chi connectivity index (χ0) is 19.5. The number of piperazine rings is 1. The monoisotopic (exact) mass is 411 g/mol. The third kappa shape index (κ3) is 3.10. The van der Waals surface area contributed by atoms with Crippen LogP contribution < -0.4 is 15.1 Å². The molecule has 0 spiro atoms. The van der Waals surface area contributed by atoms with E-state index in [1.807, 2.05) is 11.5 Å². The maximum Gasteiger partial charge on any atom is 0.511 e. The molecule has 1 aromatic heterocycles. The van der Waals surface area contributed by atoms with Gasteiger partial charge in [0.2, 0.25) is 5.43 Å². The smallest absolute Gasteiger partial charge is 0.449 e. The molecule has 2 aliphatic rings. The van der Waals surface area contributed by atoms with Gasteiger partial charge in [-0.1, -0.05) is 0 Å². The molecule has 7 nitrogen and oxygen atoms in total. The third-order valence-corrected chi connectivity index (χ3v) is 5.75. The maximum absolute atomic E-state index is 15.1. The number of carbonyl (C=O) groups is 1. The van der Waals surface area contributed by atoms with E-state index in [0.29, 0.717) is 30.2 Å². The normalized spacial score (nSPS) is 21.6. The fourth-order valence-electron chi connectivity index (χ4n) is 4.23. The van der Waals surface area contributed by atoms with Crippen molar-refractivity contribution >= 4 is 35.2 Å². The molecule has 0 bridgehead atoms. The molecule has 4 rings (SSSR count). The van der Waals surface area contributed by atoms with E-state index in [4.69, 9.17) is 5.11 Å². The van der Waals surface area contributed by atoms with E-state index in [9.17, 15) is 9.59 Å². The van der Waals surface area contributed by atoms with Gasteiger partial charge in [0.1, 0.15) is 5.82 Å². The van der Waals surface area contributed by atoms with Gasteiger partial charge in [0.05, 0.1) is 22.8 Å². The van der Waals surface area contributed by atoms with E-state index in [-0.39, 0.29) is 29.6 Å². The Hall–Kier alpha value is -2.32. The van der Waals surface area contributed by atoms with Crippen molar-refractivity contribution in [2.75, 3.05) is 31.6 Å². The Balaban J connectivity index is 0.00000225. The highest BCUT2D eigenvalue weighted by Gasteiger charge is 2.32. The van der Waals surface area contributed by atoms with E-state index in [0.717, 1.165) is 18.7 Å². The number of anilines is 1. The quantitative estimate of drug-likeness (QED) is 0.766. The maximum atomic E-state index is 15.1. The molecule has 3 heterocycles. The van der Waals surface area contributed by atoms with Crippen molar-refractivity contribution < 1.29 is 19.0 Å². The first-order valence-electron chi connectivity index (χ1n) is 9.04. The summed E-state index contributed by atoms with van der Waals surface area (Å²) in [6.45, 7) is 6.34. The fourth-order valence-corrected chi connectivity index (χ4v) is 4.23. The lowest BCUT2D eigenvalue weighted by atomic mass is 10.0. The van der Waals surface area contributed by atoms with Crippen molar-refractivity contribution in [2.45, 2.75) is 32.4 Å². The zero-order valence-corrected chi connectivity index (χ0v) is 16.8. The number of halogens is 2. The number of likely N-dealkylation sites (N-methyl/N-ethyl adjacent to an activating group) is 1. The summed E-state index contributed by atoms with van der Waals surface area (Å²) in [5, 5.41) is 9.03. The summed E-state index contributed by atoms with van der Waals surface area (Å²) in [7, 11) is 2.06. The number of pyridine rings is 1. The standard InChI is InChI=1S/C19H22FN3O4.ClH/c1-10-6-12-16-13(18(24)15(9-23(10)16)27-19(25)26)7-14(20)17(12)22-5-4-21(3)11(2)8-22;/h7,9-11H,4-6,8H2,1-3H3,(H,25,26);1H. The number of carboxylic acid groups (broad SMARTS) is 1. The Morgan fingerprint density at radius 1 is 1.29 bits per heavy atom. The van der Waals surface area contributed by atoms with Crippen LogP contribution in [0.1, 0.15) is 25.5 Å². The molecule has 2 aliphatic heterocycles. The van der Waals surface area contributed by atoms with Crippen LogP contribution in [0.2, 0.25) is 0 Å². The van der Waals surface area contributed by atoms with Crippen molar-refractivity contribution in [3.05, 3.63) is 33.9 Å². The molecule has 0 aliphatic carbocycles. The fraction of sp³-hybridized carbons (Fsp3) is 0.474. The van der Waals surface area contributed by atoms with Crippen LogP contribution in [-0.4, -0.2) is 53.5 Å². The topological polar surface area (TPSA) is 75.0 Å². The van der Waals surface area contributed by atoms with Crippen LogP contribution in [0.5, 0.6) is 5.75 Å². The van der Waals surface area contributed by atoms with Crippen LogP contribution in [0.4, 0.5) is 14.9 Å². The van der Waals surface area contributed by atoms with Crippen LogP contribution in [0.25, 0.3) is 10.9 Å². The number of rotatable bonds is 2. The zero-order valence-electron chi connectivity index (χ0n) is 15.9. The summed E-state index contributed by atoms with van der Waals surface area (Å²) in [5.74, 6) is -0.741. The summed E-state index contributed by atoms with van der Waals surface area (Å²) in [6, 6.07) is 1.50. The van der Waals surface area contributed by atoms with Gasteiger partial charge in [-0.25, -0.2) is 9.18 Å². The first-order valence-corrected chi connectivity index (χ1v) is 9.04. The van der Waals surface area contributed by atoms with Crippen LogP contribution in [0.3, 0.4) is 0 Å². The average molecular weight is 412 g/mol. The minimum absolute atomic E-state index is 0. The van der Waals surface area contributed by atoms with Gasteiger partial charge < -0.3 is 24.2 Å². The van der Waals surface area contributed by atoms with E-state index in [2.05, 4.69) is 28.5 Å². The largest absolute Gasteiger partial charge is 0.511 e. The summed E-state index contributed by atoms with van der Waals surface area (Å²) < 4.78 is 21.6. The Bertz CT molecular complexity index is 1010. The van der Waals surface area contributed by atoms with Gasteiger partial charge in [0.25, 0.3) is 0 Å². The molecule has 152 valence electrons. The molecule has 1 aromatic carbocycles. The van der Waals surface area contributed by atoms with Crippen molar-refractivity contribution in [2.24, 2.45) is 0 Å². The van der Waals surface area contributed by atoms with Crippen LogP contribution >= 0.6 is 12.4 Å². The molecule has 1 fully saturated rings. The Kier molecular flexibility index (Phi) is 5.29. The number of benzene rings is 1. The highest BCUT2D eigenvalue weighted by Crippen LogP contribution is 2.40. The summed E-state index contributed by atoms with van der Waals surface area (Å²) >= 11 is 0. The van der Waals surface area contributed by atoms with E-state index in [1.165, 1.54) is 12.3 Å². The van der Waals surface area contributed by atoms with Gasteiger partial charge in [-0.2, -0.15) is 0 Å². The van der Waals surface area contributed by atoms with E-state index in [1.54, 1.807) is 0 Å². The minimum Gasteiger partial charge on any atom is -0.449 e. The van der Waals surface area contributed by atoms with Crippen LogP contribution in [0, 0.1) is 5.82 Å². The second-order valence-corrected chi connectivity index (χ2v) is 7.51. The molecule has 2 unspecified atom stereocenters. The summed E-state index contributed by atoms with van der Waals surface area (Å²) in [6.07, 6.45) is 0.447. The van der Waals surface area contributed by atoms with Gasteiger partial charge in [0, 0.05) is 37.3 Å². The van der Waals surface area contributed by atoms with Gasteiger partial charge >= 0.3 is 6.16 Å². The average Bonchev–Trinajstić information content (AvgIpc) is 2.91. The van der Waals surface area contributed by atoms with Gasteiger partial charge in [0.15, 0.2) is 5.75 Å². The predicted molar refractivity (Wildman–Crippen MR) is 107 cm³/mol. The summed E-state index contributed by atoms with van der Waals surface area (Å²) in [5.41, 5.74) is 1.45. The van der Waals surface area contributed by atoms with Crippen molar-refractivity contribution in [1.29, 1.82) is 0 Å².